The van der Waals surface area contributed by atoms with Gasteiger partial charge in [0.15, 0.2) is 0 Å². The van der Waals surface area contributed by atoms with Crippen LogP contribution in [0.3, 0.4) is 0 Å². The van der Waals surface area contributed by atoms with Crippen LogP contribution < -0.4 is 0 Å². The second-order valence-electron chi connectivity index (χ2n) is 2.27. The van der Waals surface area contributed by atoms with Crippen molar-refractivity contribution in [2.24, 2.45) is 0 Å². The molecule has 0 bridgehead atoms. The molecule has 0 saturated heterocycles. The van der Waals surface area contributed by atoms with Gasteiger partial charge in [0, 0.05) is 5.02 Å². The number of carboxylic acids is 1. The van der Waals surface area contributed by atoms with E-state index in [4.69, 9.17) is 16.7 Å². The van der Waals surface area contributed by atoms with Crippen molar-refractivity contribution in [3.63, 3.8) is 0 Å². The summed E-state index contributed by atoms with van der Waals surface area (Å²) in [4.78, 5) is 10.4. The highest BCUT2D eigenvalue weighted by Crippen LogP contribution is 2.15. The fourth-order valence-corrected chi connectivity index (χ4v) is 0.895. The smallest absolute Gasteiger partial charge is 0.335 e. The Labute approximate surface area is 82.6 Å². The summed E-state index contributed by atoms with van der Waals surface area (Å²) < 4.78 is 0. The first kappa shape index (κ1) is 11.3. The second kappa shape index (κ2) is 4.38. The van der Waals surface area contributed by atoms with Gasteiger partial charge in [0.2, 0.25) is 0 Å². The number of rotatable bonds is 1. The summed E-state index contributed by atoms with van der Waals surface area (Å²) in [6, 6.07) is 4.61. The Balaban J connectivity index is 0.00000121. The van der Waals surface area contributed by atoms with Crippen molar-refractivity contribution < 1.29 is 9.90 Å². The van der Waals surface area contributed by atoms with Gasteiger partial charge in [-0.15, -0.1) is 0 Å². The molecule has 0 atom stereocenters. The van der Waals surface area contributed by atoms with Gasteiger partial charge in [-0.3, -0.25) is 0 Å². The highest BCUT2D eigenvalue weighted by molar-refractivity contribution is 7.59. The number of benzene rings is 1. The molecule has 0 fully saturated rings. The quantitative estimate of drug-likeness (QED) is 0.763. The minimum atomic E-state index is -0.926. The van der Waals surface area contributed by atoms with E-state index in [0.29, 0.717) is 5.02 Å². The van der Waals surface area contributed by atoms with Crippen LogP contribution in [0.15, 0.2) is 18.2 Å². The number of carbonyl (C=O) groups is 1. The lowest BCUT2D eigenvalue weighted by Crippen LogP contribution is -1.95. The zero-order valence-corrected chi connectivity index (χ0v) is 8.22. The summed E-state index contributed by atoms with van der Waals surface area (Å²) in [5.41, 5.74) is 1.05. The van der Waals surface area contributed by atoms with E-state index in [1.807, 2.05) is 0 Å². The molecule has 4 heteroatoms. The molecule has 1 rings (SSSR count). The molecule has 1 aromatic carbocycles. The van der Waals surface area contributed by atoms with E-state index in [1.54, 1.807) is 19.1 Å². The molecular formula is C8H9ClO2S. The maximum absolute atomic E-state index is 10.4. The first-order chi connectivity index (χ1) is 5.11. The van der Waals surface area contributed by atoms with Gasteiger partial charge in [-0.05, 0) is 30.7 Å². The molecule has 0 unspecified atom stereocenters. The van der Waals surface area contributed by atoms with Gasteiger partial charge in [0.25, 0.3) is 0 Å². The molecule has 2 nitrogen and oxygen atoms in total. The number of carboxylic acid groups (broad SMARTS) is 1. The van der Waals surface area contributed by atoms with Gasteiger partial charge >= 0.3 is 5.97 Å². The zero-order chi connectivity index (χ0) is 8.43. The summed E-state index contributed by atoms with van der Waals surface area (Å²) in [6.07, 6.45) is 0. The molecule has 0 amide bonds. The largest absolute Gasteiger partial charge is 0.478 e. The van der Waals surface area contributed by atoms with E-state index in [1.165, 1.54) is 6.07 Å². The molecule has 0 spiro atoms. The van der Waals surface area contributed by atoms with E-state index in [0.717, 1.165) is 5.56 Å². The maximum atomic E-state index is 10.4. The number of hydrogen-bond acceptors (Lipinski definition) is 1. The van der Waals surface area contributed by atoms with Crippen LogP contribution in [0.4, 0.5) is 0 Å². The highest BCUT2D eigenvalue weighted by Gasteiger charge is 2.03. The van der Waals surface area contributed by atoms with E-state index < -0.39 is 5.97 Å². The van der Waals surface area contributed by atoms with Crippen molar-refractivity contribution in [3.8, 4) is 0 Å². The molecule has 0 aliphatic rings. The molecule has 0 aromatic heterocycles. The molecule has 12 heavy (non-hydrogen) atoms. The third kappa shape index (κ3) is 2.43. The van der Waals surface area contributed by atoms with Crippen LogP contribution >= 0.6 is 25.1 Å². The number of hydrogen-bond donors (Lipinski definition) is 1. The standard InChI is InChI=1S/C8H7ClO2.H2S/c1-5-4-6(8(10)11)2-3-7(5)9;/h2-4H,1H3,(H,10,11);1H2. The average Bonchev–Trinajstić information content (AvgIpc) is 1.94. The lowest BCUT2D eigenvalue weighted by atomic mass is 10.1. The summed E-state index contributed by atoms with van der Waals surface area (Å²) >= 11 is 5.69. The lowest BCUT2D eigenvalue weighted by Gasteiger charge is -1.97. The third-order valence-corrected chi connectivity index (χ3v) is 1.83. The Morgan fingerprint density at radius 3 is 2.50 bits per heavy atom. The molecule has 0 aliphatic heterocycles. The normalized spacial score (nSPS) is 8.83. The van der Waals surface area contributed by atoms with Gasteiger partial charge in [0.05, 0.1) is 5.56 Å². The molecule has 0 saturated carbocycles. The molecular weight excluding hydrogens is 196 g/mol. The predicted molar refractivity (Wildman–Crippen MR) is 53.5 cm³/mol. The average molecular weight is 205 g/mol. The van der Waals surface area contributed by atoms with Crippen molar-refractivity contribution in [1.82, 2.24) is 0 Å². The van der Waals surface area contributed by atoms with Crippen LogP contribution in [0.2, 0.25) is 5.02 Å². The number of halogens is 1. The van der Waals surface area contributed by atoms with Crippen molar-refractivity contribution in [1.29, 1.82) is 0 Å². The van der Waals surface area contributed by atoms with Crippen LogP contribution in [0.1, 0.15) is 15.9 Å². The second-order valence-corrected chi connectivity index (χ2v) is 2.68. The Morgan fingerprint density at radius 1 is 1.50 bits per heavy atom. The van der Waals surface area contributed by atoms with Crippen molar-refractivity contribution in [2.75, 3.05) is 0 Å². The first-order valence-electron chi connectivity index (χ1n) is 3.10. The van der Waals surface area contributed by atoms with Crippen LogP contribution in [0, 0.1) is 6.92 Å². The van der Waals surface area contributed by atoms with Crippen LogP contribution in [-0.2, 0) is 0 Å². The van der Waals surface area contributed by atoms with E-state index >= 15 is 0 Å². The van der Waals surface area contributed by atoms with E-state index in [9.17, 15) is 4.79 Å². The monoisotopic (exact) mass is 204 g/mol. The zero-order valence-electron chi connectivity index (χ0n) is 6.47. The molecule has 0 aliphatic carbocycles. The number of aryl methyl sites for hydroxylation is 1. The topological polar surface area (TPSA) is 37.3 Å². The molecule has 0 heterocycles. The SMILES string of the molecule is Cc1cc(C(=O)O)ccc1Cl.S. The first-order valence-corrected chi connectivity index (χ1v) is 3.48. The Kier molecular flexibility index (Phi) is 4.13. The van der Waals surface area contributed by atoms with Gasteiger partial charge in [-0.25, -0.2) is 4.79 Å². The van der Waals surface area contributed by atoms with Crippen LogP contribution in [-0.4, -0.2) is 11.1 Å². The fourth-order valence-electron chi connectivity index (χ4n) is 0.778. The van der Waals surface area contributed by atoms with Gasteiger partial charge in [0.1, 0.15) is 0 Å². The van der Waals surface area contributed by atoms with E-state index in [-0.39, 0.29) is 19.1 Å². The van der Waals surface area contributed by atoms with Crippen LogP contribution in [0.25, 0.3) is 0 Å². The molecule has 1 aromatic rings. The van der Waals surface area contributed by atoms with Crippen molar-refractivity contribution >= 4 is 31.1 Å². The summed E-state index contributed by atoms with van der Waals surface area (Å²) in [6.45, 7) is 1.77. The Morgan fingerprint density at radius 2 is 2.08 bits per heavy atom. The lowest BCUT2D eigenvalue weighted by molar-refractivity contribution is 0.0697. The van der Waals surface area contributed by atoms with Crippen molar-refractivity contribution in [2.45, 2.75) is 6.92 Å². The minimum absolute atomic E-state index is 0. The molecule has 0 radical (unpaired) electrons. The van der Waals surface area contributed by atoms with Gasteiger partial charge < -0.3 is 5.11 Å². The van der Waals surface area contributed by atoms with Gasteiger partial charge in [-0.1, -0.05) is 11.6 Å². The Hall–Kier alpha value is -0.670. The fraction of sp³-hybridized carbons (Fsp3) is 0.125. The van der Waals surface area contributed by atoms with Gasteiger partial charge in [-0.2, -0.15) is 13.5 Å². The van der Waals surface area contributed by atoms with E-state index in [2.05, 4.69) is 0 Å². The highest BCUT2D eigenvalue weighted by atomic mass is 35.5. The maximum Gasteiger partial charge on any atom is 0.335 e. The minimum Gasteiger partial charge on any atom is -0.478 e. The predicted octanol–water partition coefficient (Wildman–Crippen LogP) is 2.46. The summed E-state index contributed by atoms with van der Waals surface area (Å²) in [5.74, 6) is -0.926. The summed E-state index contributed by atoms with van der Waals surface area (Å²) in [7, 11) is 0. The summed E-state index contributed by atoms with van der Waals surface area (Å²) in [5, 5.41) is 9.15. The number of aromatic carboxylic acids is 1. The molecule has 1 N–H and O–H groups in total. The third-order valence-electron chi connectivity index (χ3n) is 1.40. The van der Waals surface area contributed by atoms with Crippen LogP contribution in [0.5, 0.6) is 0 Å². The molecule has 66 valence electrons. The Bertz CT molecular complexity index is 299. The van der Waals surface area contributed by atoms with Crippen molar-refractivity contribution in [3.05, 3.63) is 34.3 Å².